The molecule has 5 heterocycles. The molecule has 0 bridgehead atoms. The van der Waals surface area contributed by atoms with Gasteiger partial charge in [-0.1, -0.05) is 0 Å². The van der Waals surface area contributed by atoms with E-state index >= 15 is 0 Å². The Morgan fingerprint density at radius 2 is 2.05 bits per heavy atom. The molecule has 15 nitrogen and oxygen atoms in total. The number of nitrogens with zero attached hydrogens (tertiary/aromatic N) is 5. The number of phosphoric ester groups is 1. The number of thioether (sulfide) groups is 1. The third-order valence-electron chi connectivity index (χ3n) is 6.24. The molecule has 1 saturated heterocycles. The number of aliphatic hydroxyl groups is 2. The molecule has 4 aromatic rings. The van der Waals surface area contributed by atoms with Gasteiger partial charge in [0.1, 0.15) is 40.9 Å². The lowest BCUT2D eigenvalue weighted by Gasteiger charge is -2.18. The van der Waals surface area contributed by atoms with E-state index in [1.165, 1.54) is 40.3 Å². The van der Waals surface area contributed by atoms with Crippen LogP contribution in [0.25, 0.3) is 21.3 Å². The maximum Gasteiger partial charge on any atom is 0.529 e. The summed E-state index contributed by atoms with van der Waals surface area (Å²) in [5.41, 5.74) is 6.29. The van der Waals surface area contributed by atoms with Crippen LogP contribution in [-0.2, 0) is 23.1 Å². The number of aromatic hydroxyl groups is 1. The Morgan fingerprint density at radius 3 is 2.88 bits per heavy atom. The Bertz CT molecular complexity index is 1700. The third-order valence-corrected chi connectivity index (χ3v) is 9.44. The normalized spacial score (nSPS) is 26.3. The Kier molecular flexibility index (Phi) is 7.00. The minimum Gasteiger partial charge on any atom is -0.508 e. The molecule has 0 saturated carbocycles. The first kappa shape index (κ1) is 27.0. The fraction of sp³-hybridized carbons (Fsp3) is 0.318. The number of ether oxygens (including phenoxy) is 1. The van der Waals surface area contributed by atoms with Gasteiger partial charge in [0.2, 0.25) is 0 Å². The van der Waals surface area contributed by atoms with Crippen LogP contribution in [0, 0.1) is 0 Å². The molecule has 0 spiro atoms. The summed E-state index contributed by atoms with van der Waals surface area (Å²) >= 11 is 2.68. The summed E-state index contributed by atoms with van der Waals surface area (Å²) < 4.78 is 30.0. The molecular weight excluding hydrogens is 587 g/mol. The zero-order valence-electron chi connectivity index (χ0n) is 20.2. The number of nitrogen functional groups attached to an aromatic ring is 1. The summed E-state index contributed by atoms with van der Waals surface area (Å²) in [5, 5.41) is 32.1. The third kappa shape index (κ3) is 5.06. The van der Waals surface area contributed by atoms with Gasteiger partial charge < -0.3 is 30.3 Å². The first-order chi connectivity index (χ1) is 19.1. The summed E-state index contributed by atoms with van der Waals surface area (Å²) in [6, 6.07) is 5.81. The van der Waals surface area contributed by atoms with Gasteiger partial charge in [0.25, 0.3) is 0 Å². The van der Waals surface area contributed by atoms with Crippen molar-refractivity contribution in [2.24, 2.45) is 4.99 Å². The van der Waals surface area contributed by atoms with Crippen LogP contribution >= 0.6 is 30.9 Å². The molecule has 6 rings (SSSR count). The van der Waals surface area contributed by atoms with Crippen LogP contribution in [0.2, 0.25) is 0 Å². The molecule has 0 aliphatic carbocycles. The van der Waals surface area contributed by atoms with E-state index in [9.17, 15) is 29.6 Å². The largest absolute Gasteiger partial charge is 0.529 e. The molecule has 6 N–H and O–H groups in total. The molecule has 1 fully saturated rings. The molecule has 210 valence electrons. The lowest BCUT2D eigenvalue weighted by atomic mass is 10.1. The van der Waals surface area contributed by atoms with Crippen LogP contribution in [0.4, 0.5) is 5.82 Å². The Hall–Kier alpha value is -3.15. The zero-order valence-corrected chi connectivity index (χ0v) is 22.7. The fourth-order valence-electron chi connectivity index (χ4n) is 4.28. The minimum atomic E-state index is -4.93. The van der Waals surface area contributed by atoms with E-state index in [4.69, 9.17) is 19.5 Å². The van der Waals surface area contributed by atoms with Gasteiger partial charge in [0.15, 0.2) is 23.7 Å². The molecule has 2 aliphatic rings. The zero-order chi connectivity index (χ0) is 28.2. The first-order valence-corrected chi connectivity index (χ1v) is 15.0. The van der Waals surface area contributed by atoms with E-state index in [1.807, 2.05) is 6.07 Å². The molecule has 1 aromatic carbocycles. The van der Waals surface area contributed by atoms with Gasteiger partial charge >= 0.3 is 13.8 Å². The van der Waals surface area contributed by atoms with E-state index in [0.717, 1.165) is 15.0 Å². The lowest BCUT2D eigenvalue weighted by molar-refractivity contribution is -0.137. The highest BCUT2D eigenvalue weighted by Crippen LogP contribution is 2.46. The number of aromatic nitrogens is 4. The van der Waals surface area contributed by atoms with Gasteiger partial charge in [-0.2, -0.15) is 0 Å². The summed E-state index contributed by atoms with van der Waals surface area (Å²) in [5.74, 6) is -0.614. The second kappa shape index (κ2) is 10.4. The van der Waals surface area contributed by atoms with Crippen LogP contribution in [-0.4, -0.2) is 87.5 Å². The predicted octanol–water partition coefficient (Wildman–Crippen LogP) is 1.17. The molecule has 0 amide bonds. The number of imidazole rings is 1. The highest BCUT2D eigenvalue weighted by atomic mass is 32.2. The number of phenolic OH excluding ortho intramolecular Hbond substituents is 1. The van der Waals surface area contributed by atoms with Crippen LogP contribution in [0.5, 0.6) is 5.75 Å². The number of anilines is 1. The monoisotopic (exact) mass is 608 g/mol. The van der Waals surface area contributed by atoms with Crippen molar-refractivity contribution in [3.05, 3.63) is 41.8 Å². The standard InChI is InChI=1S/C22H21N6O9PS2/c23-18-15-19(25-7-24-18)28(8-26-15)21-17(31)16(30)12(36-21)5-35-38(33,34)37-22(32)11-6-39-20(27-11)14-3-9-1-2-10(29)4-13(9)40-14/h1-4,7-8,11-12,16-17,21,29-31H,5-6H2,(H,33,34)(H2,23,24,25)/t11?,12-,16-,17-,21-/m1/s1. The number of aliphatic imine (C=N–C) groups is 1. The first-order valence-electron chi connectivity index (χ1n) is 11.7. The van der Waals surface area contributed by atoms with Crippen LogP contribution in [0.1, 0.15) is 11.1 Å². The van der Waals surface area contributed by atoms with Gasteiger partial charge in [0.05, 0.1) is 17.8 Å². The van der Waals surface area contributed by atoms with Crippen molar-refractivity contribution >= 4 is 69.0 Å². The molecule has 6 atom stereocenters. The van der Waals surface area contributed by atoms with Gasteiger partial charge in [-0.15, -0.1) is 23.1 Å². The number of carbonyl (C=O) groups is 1. The Labute approximate surface area is 232 Å². The average Bonchev–Trinajstić information content (AvgIpc) is 3.69. The average molecular weight is 609 g/mol. The van der Waals surface area contributed by atoms with Crippen molar-refractivity contribution in [2.75, 3.05) is 18.1 Å². The van der Waals surface area contributed by atoms with Gasteiger partial charge in [0, 0.05) is 10.5 Å². The van der Waals surface area contributed by atoms with Crippen molar-refractivity contribution in [1.29, 1.82) is 0 Å². The SMILES string of the molecule is Nc1ncnc2c1ncn2[C@@H]1O[C@H](COP(=O)(O)OC(=O)C2CSC(c3cc4ccc(O)cc4s3)=N2)[C@@H](O)[C@H]1O. The van der Waals surface area contributed by atoms with E-state index in [-0.39, 0.29) is 28.5 Å². The van der Waals surface area contributed by atoms with Crippen molar-refractivity contribution in [2.45, 2.75) is 30.6 Å². The van der Waals surface area contributed by atoms with Gasteiger partial charge in [-0.3, -0.25) is 19.0 Å². The quantitative estimate of drug-likeness (QED) is 0.186. The van der Waals surface area contributed by atoms with Crippen molar-refractivity contribution in [1.82, 2.24) is 19.5 Å². The molecular formula is C22H21N6O9PS2. The number of fused-ring (bicyclic) bond motifs is 2. The lowest BCUT2D eigenvalue weighted by Crippen LogP contribution is -2.33. The smallest absolute Gasteiger partial charge is 0.508 e. The van der Waals surface area contributed by atoms with E-state index in [0.29, 0.717) is 5.04 Å². The van der Waals surface area contributed by atoms with E-state index in [2.05, 4.69) is 19.9 Å². The van der Waals surface area contributed by atoms with Crippen molar-refractivity contribution < 1.29 is 43.4 Å². The number of benzene rings is 1. The summed E-state index contributed by atoms with van der Waals surface area (Å²) in [6.45, 7) is -0.678. The number of carbonyl (C=O) groups excluding carboxylic acids is 1. The maximum absolute atomic E-state index is 12.6. The molecule has 40 heavy (non-hydrogen) atoms. The number of phosphoric acid groups is 1. The number of rotatable bonds is 7. The number of aliphatic hydroxyl groups excluding tert-OH is 2. The maximum atomic E-state index is 12.6. The van der Waals surface area contributed by atoms with Gasteiger partial charge in [-0.25, -0.2) is 24.3 Å². The Morgan fingerprint density at radius 1 is 1.23 bits per heavy atom. The topological polar surface area (TPSA) is 225 Å². The minimum absolute atomic E-state index is 0.112. The van der Waals surface area contributed by atoms with E-state index < -0.39 is 51.0 Å². The van der Waals surface area contributed by atoms with E-state index in [1.54, 1.807) is 18.2 Å². The molecule has 0 radical (unpaired) electrons. The Balaban J connectivity index is 1.08. The second-order valence-corrected chi connectivity index (χ2v) is 12.4. The van der Waals surface area contributed by atoms with Crippen molar-refractivity contribution in [3.8, 4) is 5.75 Å². The molecule has 18 heteroatoms. The fourth-order valence-corrected chi connectivity index (χ4v) is 7.23. The highest BCUT2D eigenvalue weighted by molar-refractivity contribution is 8.15. The number of phenols is 1. The number of hydrogen-bond acceptors (Lipinski definition) is 15. The van der Waals surface area contributed by atoms with Crippen molar-refractivity contribution in [3.63, 3.8) is 0 Å². The number of nitrogens with two attached hydrogens (primary N) is 1. The van der Waals surface area contributed by atoms with Crippen LogP contribution in [0.15, 0.2) is 41.9 Å². The summed E-state index contributed by atoms with van der Waals surface area (Å²) in [6.07, 6.45) is -2.90. The highest BCUT2D eigenvalue weighted by Gasteiger charge is 2.46. The summed E-state index contributed by atoms with van der Waals surface area (Å²) in [7, 11) is -4.93. The van der Waals surface area contributed by atoms with Crippen LogP contribution in [0.3, 0.4) is 0 Å². The molecule has 2 aliphatic heterocycles. The second-order valence-electron chi connectivity index (χ2n) is 8.90. The molecule has 3 aromatic heterocycles. The predicted molar refractivity (Wildman–Crippen MR) is 144 cm³/mol. The van der Waals surface area contributed by atoms with Gasteiger partial charge in [-0.05, 0) is 29.7 Å². The van der Waals surface area contributed by atoms with Crippen LogP contribution < -0.4 is 5.73 Å². The number of hydrogen-bond donors (Lipinski definition) is 5. The molecule has 2 unspecified atom stereocenters. The summed E-state index contributed by atoms with van der Waals surface area (Å²) in [4.78, 5) is 39.8. The number of thiophene rings is 1.